The van der Waals surface area contributed by atoms with Crippen LogP contribution < -0.4 is 5.32 Å². The molecule has 14 heavy (non-hydrogen) atoms. The molecular weight excluding hydrogens is 178 g/mol. The van der Waals surface area contributed by atoms with Crippen molar-refractivity contribution in [2.45, 2.75) is 32.1 Å². The lowest BCUT2D eigenvalue weighted by Gasteiger charge is -2.42. The molecule has 3 nitrogen and oxygen atoms in total. The van der Waals surface area contributed by atoms with Gasteiger partial charge in [0.2, 0.25) is 5.91 Å². The third-order valence-corrected chi connectivity index (χ3v) is 4.23. The third-order valence-electron chi connectivity index (χ3n) is 4.23. The van der Waals surface area contributed by atoms with Crippen molar-refractivity contribution in [1.29, 1.82) is 0 Å². The monoisotopic (exact) mass is 195 g/mol. The van der Waals surface area contributed by atoms with E-state index in [9.17, 15) is 4.79 Å². The Bertz CT molecular complexity index is 264. The number of ether oxygens (including phenoxy) is 1. The molecular formula is C11H17NO2. The average molecular weight is 195 g/mol. The summed E-state index contributed by atoms with van der Waals surface area (Å²) in [5, 5.41) is 3.10. The highest BCUT2D eigenvalue weighted by molar-refractivity contribution is 5.84. The maximum absolute atomic E-state index is 11.9. The van der Waals surface area contributed by atoms with E-state index in [1.54, 1.807) is 0 Å². The van der Waals surface area contributed by atoms with Gasteiger partial charge in [-0.25, -0.2) is 0 Å². The molecule has 3 rings (SSSR count). The van der Waals surface area contributed by atoms with Gasteiger partial charge in [-0.2, -0.15) is 0 Å². The molecule has 0 bridgehead atoms. The molecule has 1 N–H and O–H groups in total. The van der Waals surface area contributed by atoms with Gasteiger partial charge < -0.3 is 10.1 Å². The molecule has 3 aliphatic rings. The molecule has 0 aromatic heterocycles. The van der Waals surface area contributed by atoms with Gasteiger partial charge in [-0.05, 0) is 37.5 Å². The van der Waals surface area contributed by atoms with Crippen LogP contribution in [0.2, 0.25) is 0 Å². The van der Waals surface area contributed by atoms with Crippen LogP contribution in [0.4, 0.5) is 0 Å². The van der Waals surface area contributed by atoms with Gasteiger partial charge in [0.05, 0.1) is 5.41 Å². The van der Waals surface area contributed by atoms with Crippen LogP contribution in [-0.4, -0.2) is 25.7 Å². The lowest BCUT2D eigenvalue weighted by atomic mass is 9.69. The van der Waals surface area contributed by atoms with Gasteiger partial charge in [-0.1, -0.05) is 0 Å². The van der Waals surface area contributed by atoms with Crippen LogP contribution >= 0.6 is 0 Å². The summed E-state index contributed by atoms with van der Waals surface area (Å²) >= 11 is 0. The molecule has 2 heterocycles. The van der Waals surface area contributed by atoms with Gasteiger partial charge in [-0.3, -0.25) is 4.79 Å². The molecule has 2 spiro atoms. The predicted octanol–water partition coefficient (Wildman–Crippen LogP) is 1.08. The summed E-state index contributed by atoms with van der Waals surface area (Å²) in [5.41, 5.74) is 0.429. The molecule has 2 aliphatic heterocycles. The first-order chi connectivity index (χ1) is 6.75. The number of amides is 1. The molecule has 0 radical (unpaired) electrons. The van der Waals surface area contributed by atoms with E-state index in [1.165, 1.54) is 12.8 Å². The molecule has 1 saturated carbocycles. The quantitative estimate of drug-likeness (QED) is 0.628. The molecule has 1 amide bonds. The second kappa shape index (κ2) is 2.72. The van der Waals surface area contributed by atoms with Crippen molar-refractivity contribution < 1.29 is 9.53 Å². The predicted molar refractivity (Wildman–Crippen MR) is 51.8 cm³/mol. The minimum absolute atomic E-state index is 0.0625. The molecule has 0 unspecified atom stereocenters. The van der Waals surface area contributed by atoms with Crippen molar-refractivity contribution in [2.75, 3.05) is 19.8 Å². The molecule has 2 saturated heterocycles. The highest BCUT2D eigenvalue weighted by Crippen LogP contribution is 2.57. The van der Waals surface area contributed by atoms with Crippen LogP contribution in [0, 0.1) is 10.8 Å². The Kier molecular flexibility index (Phi) is 1.69. The van der Waals surface area contributed by atoms with Gasteiger partial charge in [0, 0.05) is 19.8 Å². The van der Waals surface area contributed by atoms with Crippen LogP contribution in [0.1, 0.15) is 32.1 Å². The number of nitrogens with one attached hydrogen (secondary N) is 1. The Balaban J connectivity index is 1.83. The van der Waals surface area contributed by atoms with E-state index < -0.39 is 0 Å². The fourth-order valence-electron chi connectivity index (χ4n) is 3.01. The summed E-state index contributed by atoms with van der Waals surface area (Å²) in [6.45, 7) is 2.46. The summed E-state index contributed by atoms with van der Waals surface area (Å²) in [6.07, 6.45) is 5.61. The summed E-state index contributed by atoms with van der Waals surface area (Å²) in [4.78, 5) is 11.9. The van der Waals surface area contributed by atoms with Crippen molar-refractivity contribution in [3.8, 4) is 0 Å². The SMILES string of the molecule is O=C1NCC2(CC2)CC12CCOCC2. The minimum Gasteiger partial charge on any atom is -0.381 e. The Labute approximate surface area is 84.2 Å². The van der Waals surface area contributed by atoms with E-state index in [1.807, 2.05) is 0 Å². The van der Waals surface area contributed by atoms with E-state index >= 15 is 0 Å². The third kappa shape index (κ3) is 1.18. The van der Waals surface area contributed by atoms with E-state index in [2.05, 4.69) is 5.32 Å². The topological polar surface area (TPSA) is 38.3 Å². The average Bonchev–Trinajstić information content (AvgIpc) is 2.94. The fraction of sp³-hybridized carbons (Fsp3) is 0.909. The first-order valence-electron chi connectivity index (χ1n) is 5.61. The van der Waals surface area contributed by atoms with Gasteiger partial charge in [0.25, 0.3) is 0 Å². The molecule has 0 aromatic carbocycles. The zero-order valence-corrected chi connectivity index (χ0v) is 8.47. The lowest BCUT2D eigenvalue weighted by Crippen LogP contribution is -2.52. The molecule has 3 heteroatoms. The van der Waals surface area contributed by atoms with Crippen molar-refractivity contribution in [3.63, 3.8) is 0 Å². The van der Waals surface area contributed by atoms with Crippen LogP contribution in [0.5, 0.6) is 0 Å². The lowest BCUT2D eigenvalue weighted by molar-refractivity contribution is -0.142. The smallest absolute Gasteiger partial charge is 0.226 e. The van der Waals surface area contributed by atoms with Crippen LogP contribution in [0.15, 0.2) is 0 Å². The standard InChI is InChI=1S/C11H17NO2/c13-9-11(3-5-14-6-4-11)7-10(1-2-10)8-12-9/h1-8H2,(H,12,13). The zero-order valence-electron chi connectivity index (χ0n) is 8.47. The number of rotatable bonds is 0. The van der Waals surface area contributed by atoms with Crippen LogP contribution in [0.25, 0.3) is 0 Å². The fourth-order valence-corrected chi connectivity index (χ4v) is 3.01. The Morgan fingerprint density at radius 1 is 1.14 bits per heavy atom. The Hall–Kier alpha value is -0.570. The summed E-state index contributed by atoms with van der Waals surface area (Å²) in [5.74, 6) is 0.290. The van der Waals surface area contributed by atoms with Gasteiger partial charge >= 0.3 is 0 Å². The molecule has 78 valence electrons. The zero-order chi connectivity index (χ0) is 9.65. The van der Waals surface area contributed by atoms with Gasteiger partial charge in [0.1, 0.15) is 0 Å². The largest absolute Gasteiger partial charge is 0.381 e. The van der Waals surface area contributed by atoms with Crippen molar-refractivity contribution in [3.05, 3.63) is 0 Å². The second-order valence-electron chi connectivity index (χ2n) is 5.25. The van der Waals surface area contributed by atoms with Gasteiger partial charge in [0.15, 0.2) is 0 Å². The van der Waals surface area contributed by atoms with Crippen molar-refractivity contribution >= 4 is 5.91 Å². The molecule has 1 aliphatic carbocycles. The summed E-state index contributed by atoms with van der Waals surface area (Å²) < 4.78 is 5.35. The first kappa shape index (κ1) is 8.72. The molecule has 0 atom stereocenters. The van der Waals surface area contributed by atoms with E-state index in [0.717, 1.165) is 39.0 Å². The molecule has 3 fully saturated rings. The number of hydrogen-bond donors (Lipinski definition) is 1. The van der Waals surface area contributed by atoms with E-state index in [-0.39, 0.29) is 5.41 Å². The maximum atomic E-state index is 11.9. The molecule has 0 aromatic rings. The minimum atomic E-state index is -0.0625. The number of carbonyl (C=O) groups is 1. The van der Waals surface area contributed by atoms with Crippen LogP contribution in [0.3, 0.4) is 0 Å². The normalized spacial score (nSPS) is 33.0. The maximum Gasteiger partial charge on any atom is 0.226 e. The first-order valence-corrected chi connectivity index (χ1v) is 5.61. The number of piperidine rings is 1. The Morgan fingerprint density at radius 2 is 1.86 bits per heavy atom. The number of carbonyl (C=O) groups excluding carboxylic acids is 1. The Morgan fingerprint density at radius 3 is 2.50 bits per heavy atom. The van der Waals surface area contributed by atoms with Crippen molar-refractivity contribution in [2.24, 2.45) is 10.8 Å². The van der Waals surface area contributed by atoms with E-state index in [0.29, 0.717) is 11.3 Å². The highest BCUT2D eigenvalue weighted by atomic mass is 16.5. The van der Waals surface area contributed by atoms with Crippen molar-refractivity contribution in [1.82, 2.24) is 5.32 Å². The summed E-state index contributed by atoms with van der Waals surface area (Å²) in [7, 11) is 0. The van der Waals surface area contributed by atoms with E-state index in [4.69, 9.17) is 4.74 Å². The van der Waals surface area contributed by atoms with Gasteiger partial charge in [-0.15, -0.1) is 0 Å². The van der Waals surface area contributed by atoms with Crippen LogP contribution in [-0.2, 0) is 9.53 Å². The highest BCUT2D eigenvalue weighted by Gasteiger charge is 2.55. The number of hydrogen-bond acceptors (Lipinski definition) is 2. The second-order valence-corrected chi connectivity index (χ2v) is 5.25. The summed E-state index contributed by atoms with van der Waals surface area (Å²) in [6, 6.07) is 0.